The summed E-state index contributed by atoms with van der Waals surface area (Å²) in [6, 6.07) is 2.13. The van der Waals surface area contributed by atoms with E-state index in [2.05, 4.69) is 41.8 Å². The van der Waals surface area contributed by atoms with Gasteiger partial charge in [0.05, 0.1) is 0 Å². The summed E-state index contributed by atoms with van der Waals surface area (Å²) in [6.07, 6.45) is 8.83. The van der Waals surface area contributed by atoms with Crippen LogP contribution < -0.4 is 0 Å². The average molecular weight is 229 g/mol. The van der Waals surface area contributed by atoms with Crippen LogP contribution in [0.4, 0.5) is 0 Å². The van der Waals surface area contributed by atoms with Crippen molar-refractivity contribution in [2.75, 3.05) is 0 Å². The summed E-state index contributed by atoms with van der Waals surface area (Å²) in [5.41, 5.74) is 3.09. The fourth-order valence-electron chi connectivity index (χ4n) is 2.27. The van der Waals surface area contributed by atoms with Gasteiger partial charge in [-0.15, -0.1) is 0 Å². The van der Waals surface area contributed by atoms with Crippen molar-refractivity contribution in [1.82, 2.24) is 15.0 Å². The van der Waals surface area contributed by atoms with Crippen molar-refractivity contribution in [3.63, 3.8) is 0 Å². The van der Waals surface area contributed by atoms with Crippen LogP contribution in [-0.2, 0) is 5.41 Å². The highest BCUT2D eigenvalue weighted by atomic mass is 14.9. The van der Waals surface area contributed by atoms with Crippen molar-refractivity contribution >= 4 is 11.2 Å². The van der Waals surface area contributed by atoms with Crippen molar-refractivity contribution in [2.24, 2.45) is 0 Å². The summed E-state index contributed by atoms with van der Waals surface area (Å²) < 4.78 is 0. The molecule has 2 aromatic rings. The van der Waals surface area contributed by atoms with Crippen molar-refractivity contribution < 1.29 is 0 Å². The Kier molecular flexibility index (Phi) is 3.36. The summed E-state index contributed by atoms with van der Waals surface area (Å²) in [4.78, 5) is 12.9. The van der Waals surface area contributed by atoms with Crippen LogP contribution in [0.2, 0.25) is 0 Å². The standard InChI is InChI=1S/C14H19N3/c1-4-6-14(3,5-2)11-9-12-13(17-10-11)16-8-7-15-12/h7-10H,4-6H2,1-3H3. The lowest BCUT2D eigenvalue weighted by Crippen LogP contribution is -2.20. The van der Waals surface area contributed by atoms with Crippen LogP contribution in [0.5, 0.6) is 0 Å². The Bertz CT molecular complexity index is 510. The van der Waals surface area contributed by atoms with E-state index < -0.39 is 0 Å². The molecular formula is C14H19N3. The molecule has 0 radical (unpaired) electrons. The van der Waals surface area contributed by atoms with Crippen LogP contribution in [0.1, 0.15) is 45.6 Å². The lowest BCUT2D eigenvalue weighted by atomic mass is 9.77. The fraction of sp³-hybridized carbons (Fsp3) is 0.500. The molecule has 2 rings (SSSR count). The van der Waals surface area contributed by atoms with Crippen molar-refractivity contribution in [3.05, 3.63) is 30.2 Å². The topological polar surface area (TPSA) is 38.7 Å². The van der Waals surface area contributed by atoms with Gasteiger partial charge in [-0.25, -0.2) is 9.97 Å². The van der Waals surface area contributed by atoms with Crippen LogP contribution in [-0.4, -0.2) is 15.0 Å². The molecule has 1 unspecified atom stereocenters. The number of aromatic nitrogens is 3. The second-order valence-electron chi connectivity index (χ2n) is 4.79. The van der Waals surface area contributed by atoms with Gasteiger partial charge >= 0.3 is 0 Å². The third-order valence-corrected chi connectivity index (χ3v) is 3.60. The van der Waals surface area contributed by atoms with Gasteiger partial charge in [0.2, 0.25) is 0 Å². The van der Waals surface area contributed by atoms with Crippen LogP contribution in [0, 0.1) is 0 Å². The molecule has 0 saturated heterocycles. The second-order valence-corrected chi connectivity index (χ2v) is 4.79. The maximum Gasteiger partial charge on any atom is 0.178 e. The zero-order valence-corrected chi connectivity index (χ0v) is 10.8. The van der Waals surface area contributed by atoms with Gasteiger partial charge in [0.1, 0.15) is 5.52 Å². The summed E-state index contributed by atoms with van der Waals surface area (Å²) in [5, 5.41) is 0. The first-order valence-electron chi connectivity index (χ1n) is 6.27. The van der Waals surface area contributed by atoms with E-state index >= 15 is 0 Å². The first-order chi connectivity index (χ1) is 8.19. The molecule has 2 aromatic heterocycles. The van der Waals surface area contributed by atoms with E-state index in [4.69, 9.17) is 0 Å². The van der Waals surface area contributed by atoms with Gasteiger partial charge in [-0.1, -0.05) is 27.2 Å². The molecule has 0 aromatic carbocycles. The molecule has 17 heavy (non-hydrogen) atoms. The Labute approximate surface area is 102 Å². The van der Waals surface area contributed by atoms with Gasteiger partial charge in [0.25, 0.3) is 0 Å². The number of hydrogen-bond acceptors (Lipinski definition) is 3. The molecule has 0 N–H and O–H groups in total. The molecule has 0 spiro atoms. The molecule has 0 fully saturated rings. The highest BCUT2D eigenvalue weighted by molar-refractivity contribution is 5.69. The first kappa shape index (κ1) is 12.0. The smallest absolute Gasteiger partial charge is 0.178 e. The van der Waals surface area contributed by atoms with E-state index in [-0.39, 0.29) is 5.41 Å². The molecule has 0 aliphatic heterocycles. The molecule has 0 amide bonds. The van der Waals surface area contributed by atoms with Crippen LogP contribution in [0.3, 0.4) is 0 Å². The predicted octanol–water partition coefficient (Wildman–Crippen LogP) is 3.49. The summed E-state index contributed by atoms with van der Waals surface area (Å²) in [6.45, 7) is 6.76. The first-order valence-corrected chi connectivity index (χ1v) is 6.27. The Balaban J connectivity index is 2.47. The minimum atomic E-state index is 0.202. The van der Waals surface area contributed by atoms with E-state index in [1.54, 1.807) is 12.4 Å². The van der Waals surface area contributed by atoms with Gasteiger partial charge in [-0.3, -0.25) is 4.98 Å². The molecule has 0 saturated carbocycles. The number of fused-ring (bicyclic) bond motifs is 1. The van der Waals surface area contributed by atoms with Crippen LogP contribution in [0.25, 0.3) is 11.2 Å². The van der Waals surface area contributed by atoms with E-state index in [1.807, 2.05) is 6.20 Å². The maximum atomic E-state index is 4.40. The molecule has 0 aliphatic carbocycles. The molecule has 3 heteroatoms. The van der Waals surface area contributed by atoms with Gasteiger partial charge < -0.3 is 0 Å². The number of hydrogen-bond donors (Lipinski definition) is 0. The zero-order chi connectivity index (χ0) is 12.3. The zero-order valence-electron chi connectivity index (χ0n) is 10.8. The van der Waals surface area contributed by atoms with Gasteiger partial charge in [0.15, 0.2) is 5.65 Å². The Morgan fingerprint density at radius 2 is 1.88 bits per heavy atom. The summed E-state index contributed by atoms with van der Waals surface area (Å²) in [7, 11) is 0. The molecule has 3 nitrogen and oxygen atoms in total. The lowest BCUT2D eigenvalue weighted by molar-refractivity contribution is 0.413. The second kappa shape index (κ2) is 4.78. The average Bonchev–Trinajstić information content (AvgIpc) is 2.38. The van der Waals surface area contributed by atoms with Gasteiger partial charge in [-0.2, -0.15) is 0 Å². The third-order valence-electron chi connectivity index (χ3n) is 3.60. The normalized spacial score (nSPS) is 14.8. The summed E-state index contributed by atoms with van der Waals surface area (Å²) in [5.74, 6) is 0. The molecule has 0 aliphatic rings. The maximum absolute atomic E-state index is 4.40. The Morgan fingerprint density at radius 3 is 2.59 bits per heavy atom. The monoisotopic (exact) mass is 229 g/mol. The minimum Gasteiger partial charge on any atom is -0.251 e. The van der Waals surface area contributed by atoms with E-state index in [0.717, 1.165) is 17.6 Å². The number of rotatable bonds is 4. The van der Waals surface area contributed by atoms with Crippen LogP contribution >= 0.6 is 0 Å². The molecule has 0 bridgehead atoms. The predicted molar refractivity (Wildman–Crippen MR) is 69.9 cm³/mol. The number of nitrogens with zero attached hydrogens (tertiary/aromatic N) is 3. The fourth-order valence-corrected chi connectivity index (χ4v) is 2.27. The van der Waals surface area contributed by atoms with Crippen molar-refractivity contribution in [2.45, 2.75) is 45.4 Å². The molecule has 2 heterocycles. The van der Waals surface area contributed by atoms with E-state index in [0.29, 0.717) is 0 Å². The summed E-state index contributed by atoms with van der Waals surface area (Å²) >= 11 is 0. The molecule has 90 valence electrons. The highest BCUT2D eigenvalue weighted by Crippen LogP contribution is 2.32. The van der Waals surface area contributed by atoms with Crippen molar-refractivity contribution in [1.29, 1.82) is 0 Å². The quantitative estimate of drug-likeness (QED) is 0.805. The largest absolute Gasteiger partial charge is 0.251 e. The lowest BCUT2D eigenvalue weighted by Gasteiger charge is -2.28. The van der Waals surface area contributed by atoms with Crippen molar-refractivity contribution in [3.8, 4) is 0 Å². The van der Waals surface area contributed by atoms with Gasteiger partial charge in [-0.05, 0) is 29.9 Å². The third kappa shape index (κ3) is 2.28. The minimum absolute atomic E-state index is 0.202. The highest BCUT2D eigenvalue weighted by Gasteiger charge is 2.24. The Morgan fingerprint density at radius 1 is 1.12 bits per heavy atom. The van der Waals surface area contributed by atoms with E-state index in [1.165, 1.54) is 18.4 Å². The van der Waals surface area contributed by atoms with Gasteiger partial charge in [0, 0.05) is 18.6 Å². The Hall–Kier alpha value is -1.51. The number of pyridine rings is 1. The SMILES string of the molecule is CCCC(C)(CC)c1cnc2nccnc2c1. The van der Waals surface area contributed by atoms with Crippen LogP contribution in [0.15, 0.2) is 24.7 Å². The molecule has 1 atom stereocenters. The van der Waals surface area contributed by atoms with E-state index in [9.17, 15) is 0 Å². The molecular weight excluding hydrogens is 210 g/mol.